The predicted octanol–water partition coefficient (Wildman–Crippen LogP) is 3.11. The summed E-state index contributed by atoms with van der Waals surface area (Å²) < 4.78 is 0. The number of rotatable bonds is 5. The number of hydrogen-bond acceptors (Lipinski definition) is 2. The van der Waals surface area contributed by atoms with E-state index in [9.17, 15) is 4.79 Å². The van der Waals surface area contributed by atoms with Crippen LogP contribution in [0.3, 0.4) is 0 Å². The molecule has 0 bridgehead atoms. The molecule has 1 N–H and O–H groups in total. The van der Waals surface area contributed by atoms with E-state index in [4.69, 9.17) is 0 Å². The molecule has 0 aliphatic heterocycles. The van der Waals surface area contributed by atoms with Crippen LogP contribution in [-0.4, -0.2) is 10.9 Å². The summed E-state index contributed by atoms with van der Waals surface area (Å²) in [4.78, 5) is 16.3. The van der Waals surface area contributed by atoms with Gasteiger partial charge >= 0.3 is 0 Å². The average Bonchev–Trinajstić information content (AvgIpc) is 2.28. The zero-order chi connectivity index (χ0) is 13.7. The minimum atomic E-state index is -0.0352. The van der Waals surface area contributed by atoms with Gasteiger partial charge in [0.2, 0.25) is 5.91 Å². The number of nitrogens with zero attached hydrogens (tertiary/aromatic N) is 1. The van der Waals surface area contributed by atoms with Crippen LogP contribution in [0.25, 0.3) is 0 Å². The van der Waals surface area contributed by atoms with Gasteiger partial charge in [-0.25, -0.2) is 0 Å². The molecule has 1 unspecified atom stereocenters. The number of hydrogen-bond donors (Lipinski definition) is 1. The van der Waals surface area contributed by atoms with Crippen molar-refractivity contribution in [2.75, 3.05) is 0 Å². The molecule has 0 fully saturated rings. The monoisotopic (exact) mass is 248 g/mol. The van der Waals surface area contributed by atoms with Crippen molar-refractivity contribution < 1.29 is 4.79 Å². The number of carbonyl (C=O) groups is 1. The zero-order valence-corrected chi connectivity index (χ0v) is 12.0. The van der Waals surface area contributed by atoms with E-state index in [0.29, 0.717) is 5.92 Å². The quantitative estimate of drug-likeness (QED) is 0.870. The first kappa shape index (κ1) is 14.7. The molecule has 1 rings (SSSR count). The average molecular weight is 248 g/mol. The van der Waals surface area contributed by atoms with Crippen LogP contribution in [0.4, 0.5) is 0 Å². The van der Waals surface area contributed by atoms with Gasteiger partial charge in [-0.2, -0.15) is 0 Å². The smallest absolute Gasteiger partial charge is 0.223 e. The highest BCUT2D eigenvalue weighted by Crippen LogP contribution is 2.13. The zero-order valence-electron chi connectivity index (χ0n) is 12.0. The van der Waals surface area contributed by atoms with Crippen LogP contribution < -0.4 is 5.32 Å². The molecule has 1 amide bonds. The fraction of sp³-hybridized carbons (Fsp3) is 0.600. The Morgan fingerprint density at radius 2 is 1.89 bits per heavy atom. The summed E-state index contributed by atoms with van der Waals surface area (Å²) in [6, 6.07) is 5.99. The molecule has 0 saturated carbocycles. The van der Waals surface area contributed by atoms with Gasteiger partial charge < -0.3 is 5.32 Å². The second kappa shape index (κ2) is 6.53. The Kier molecular flexibility index (Phi) is 5.32. The lowest BCUT2D eigenvalue weighted by molar-refractivity contribution is -0.124. The van der Waals surface area contributed by atoms with E-state index in [-0.39, 0.29) is 17.9 Å². The number of pyridine rings is 1. The van der Waals surface area contributed by atoms with Crippen molar-refractivity contribution in [1.29, 1.82) is 0 Å². The van der Waals surface area contributed by atoms with Crippen molar-refractivity contribution in [2.45, 2.75) is 47.1 Å². The summed E-state index contributed by atoms with van der Waals surface area (Å²) in [5, 5.41) is 2.97. The van der Waals surface area contributed by atoms with Crippen molar-refractivity contribution in [3.63, 3.8) is 0 Å². The number of carbonyl (C=O) groups excluding carboxylic acids is 1. The fourth-order valence-corrected chi connectivity index (χ4v) is 1.73. The molecule has 0 spiro atoms. The van der Waals surface area contributed by atoms with Gasteiger partial charge in [0.25, 0.3) is 0 Å². The molecule has 0 aromatic carbocycles. The Labute approximate surface area is 110 Å². The largest absolute Gasteiger partial charge is 0.348 e. The van der Waals surface area contributed by atoms with Crippen molar-refractivity contribution >= 4 is 5.91 Å². The van der Waals surface area contributed by atoms with E-state index in [1.807, 2.05) is 39.0 Å². The van der Waals surface area contributed by atoms with Crippen LogP contribution in [-0.2, 0) is 11.2 Å². The highest BCUT2D eigenvalue weighted by molar-refractivity contribution is 5.78. The number of amides is 1. The van der Waals surface area contributed by atoms with E-state index < -0.39 is 0 Å². The van der Waals surface area contributed by atoms with Gasteiger partial charge in [0, 0.05) is 11.6 Å². The second-order valence-corrected chi connectivity index (χ2v) is 5.54. The summed E-state index contributed by atoms with van der Waals surface area (Å²) in [6.45, 7) is 10.1. The molecular formula is C15H24N2O. The van der Waals surface area contributed by atoms with Gasteiger partial charge in [-0.3, -0.25) is 9.78 Å². The van der Waals surface area contributed by atoms with E-state index in [1.165, 1.54) is 0 Å². The van der Waals surface area contributed by atoms with E-state index in [1.54, 1.807) is 0 Å². The van der Waals surface area contributed by atoms with Gasteiger partial charge in [0.1, 0.15) is 0 Å². The summed E-state index contributed by atoms with van der Waals surface area (Å²) >= 11 is 0. The summed E-state index contributed by atoms with van der Waals surface area (Å²) in [6.07, 6.45) is 0.971. The molecule has 1 heterocycles. The third-order valence-corrected chi connectivity index (χ3v) is 2.77. The van der Waals surface area contributed by atoms with Crippen LogP contribution in [0.15, 0.2) is 18.2 Å². The molecular weight excluding hydrogens is 224 g/mol. The first-order chi connectivity index (χ1) is 8.40. The SMILES string of the molecule is CC(C)Cc1cccc(C(C)NC(=O)C(C)C)n1. The second-order valence-electron chi connectivity index (χ2n) is 5.54. The summed E-state index contributed by atoms with van der Waals surface area (Å²) in [5.41, 5.74) is 2.02. The van der Waals surface area contributed by atoms with Crippen molar-refractivity contribution in [1.82, 2.24) is 10.3 Å². The van der Waals surface area contributed by atoms with Crippen LogP contribution in [0.1, 0.15) is 52.0 Å². The maximum Gasteiger partial charge on any atom is 0.223 e. The number of aromatic nitrogens is 1. The molecule has 1 aromatic heterocycles. The van der Waals surface area contributed by atoms with Crippen molar-refractivity contribution in [2.24, 2.45) is 11.8 Å². The standard InChI is InChI=1S/C15H24N2O/c1-10(2)9-13-7-6-8-14(17-13)12(5)16-15(18)11(3)4/h6-8,10-12H,9H2,1-5H3,(H,16,18). The Hall–Kier alpha value is -1.38. The van der Waals surface area contributed by atoms with Gasteiger partial charge in [-0.15, -0.1) is 0 Å². The highest BCUT2D eigenvalue weighted by atomic mass is 16.1. The fourth-order valence-electron chi connectivity index (χ4n) is 1.73. The van der Waals surface area contributed by atoms with Crippen LogP contribution in [0.2, 0.25) is 0 Å². The maximum atomic E-state index is 11.7. The van der Waals surface area contributed by atoms with Crippen LogP contribution >= 0.6 is 0 Å². The third kappa shape index (κ3) is 4.47. The minimum absolute atomic E-state index is 0.00583. The highest BCUT2D eigenvalue weighted by Gasteiger charge is 2.13. The lowest BCUT2D eigenvalue weighted by atomic mass is 10.1. The normalized spacial score (nSPS) is 12.8. The van der Waals surface area contributed by atoms with E-state index >= 15 is 0 Å². The number of nitrogens with one attached hydrogen (secondary N) is 1. The summed E-state index contributed by atoms with van der Waals surface area (Å²) in [5.74, 6) is 0.665. The molecule has 18 heavy (non-hydrogen) atoms. The molecule has 1 atom stereocenters. The molecule has 1 aromatic rings. The Morgan fingerprint density at radius 3 is 2.44 bits per heavy atom. The van der Waals surface area contributed by atoms with Crippen LogP contribution in [0.5, 0.6) is 0 Å². The van der Waals surface area contributed by atoms with Crippen LogP contribution in [0, 0.1) is 11.8 Å². The first-order valence-corrected chi connectivity index (χ1v) is 6.66. The molecule has 3 nitrogen and oxygen atoms in total. The maximum absolute atomic E-state index is 11.7. The van der Waals surface area contributed by atoms with Crippen molar-refractivity contribution in [3.8, 4) is 0 Å². The summed E-state index contributed by atoms with van der Waals surface area (Å²) in [7, 11) is 0. The van der Waals surface area contributed by atoms with Crippen molar-refractivity contribution in [3.05, 3.63) is 29.6 Å². The molecule has 0 aliphatic carbocycles. The van der Waals surface area contributed by atoms with Gasteiger partial charge in [0.05, 0.1) is 11.7 Å². The lowest BCUT2D eigenvalue weighted by Crippen LogP contribution is -2.30. The van der Waals surface area contributed by atoms with Gasteiger partial charge in [-0.05, 0) is 31.4 Å². The minimum Gasteiger partial charge on any atom is -0.348 e. The van der Waals surface area contributed by atoms with Gasteiger partial charge in [-0.1, -0.05) is 33.8 Å². The molecule has 0 radical (unpaired) electrons. The molecule has 0 aliphatic rings. The third-order valence-electron chi connectivity index (χ3n) is 2.77. The van der Waals surface area contributed by atoms with E-state index in [2.05, 4.69) is 24.1 Å². The Bertz CT molecular complexity index is 399. The molecule has 100 valence electrons. The first-order valence-electron chi connectivity index (χ1n) is 6.66. The lowest BCUT2D eigenvalue weighted by Gasteiger charge is -2.16. The molecule has 3 heteroatoms. The topological polar surface area (TPSA) is 42.0 Å². The molecule has 0 saturated heterocycles. The van der Waals surface area contributed by atoms with E-state index in [0.717, 1.165) is 17.8 Å². The predicted molar refractivity (Wildman–Crippen MR) is 74.2 cm³/mol. The Balaban J connectivity index is 2.73. The van der Waals surface area contributed by atoms with Gasteiger partial charge in [0.15, 0.2) is 0 Å². The Morgan fingerprint density at radius 1 is 1.22 bits per heavy atom.